The van der Waals surface area contributed by atoms with Crippen molar-refractivity contribution in [2.24, 2.45) is 0 Å². The summed E-state index contributed by atoms with van der Waals surface area (Å²) in [7, 11) is 1.39. The quantitative estimate of drug-likeness (QED) is 0.830. The van der Waals surface area contributed by atoms with E-state index in [4.69, 9.17) is 9.15 Å². The Bertz CT molecular complexity index is 778. The van der Waals surface area contributed by atoms with Crippen molar-refractivity contribution in [3.63, 3.8) is 0 Å². The minimum atomic E-state index is -0.355. The minimum absolute atomic E-state index is 0.0485. The maximum Gasteiger partial charge on any atom is 0.289 e. The first kappa shape index (κ1) is 16.7. The lowest BCUT2D eigenvalue weighted by Gasteiger charge is -2.34. The largest absolute Gasteiger partial charge is 0.490 e. The molecule has 2 aromatic rings. The first-order valence-electron chi connectivity index (χ1n) is 7.66. The highest BCUT2D eigenvalue weighted by molar-refractivity contribution is 7.11. The number of carbonyl (C=O) groups excluding carboxylic acids is 1. The minimum Gasteiger partial charge on any atom is -0.490 e. The topological polar surface area (TPSA) is 75.9 Å². The molecule has 3 rings (SSSR count). The van der Waals surface area contributed by atoms with Gasteiger partial charge in [-0.2, -0.15) is 0 Å². The molecule has 24 heavy (non-hydrogen) atoms. The summed E-state index contributed by atoms with van der Waals surface area (Å²) in [6, 6.07) is 1.19. The second-order valence-electron chi connectivity index (χ2n) is 5.59. The third kappa shape index (κ3) is 3.65. The van der Waals surface area contributed by atoms with E-state index >= 15 is 0 Å². The highest BCUT2D eigenvalue weighted by Crippen LogP contribution is 2.16. The van der Waals surface area contributed by atoms with Crippen molar-refractivity contribution < 1.29 is 13.9 Å². The van der Waals surface area contributed by atoms with Crippen molar-refractivity contribution in [3.8, 4) is 5.75 Å². The normalized spacial score (nSPS) is 15.5. The number of aromatic nitrogens is 1. The van der Waals surface area contributed by atoms with Gasteiger partial charge in [0.15, 0.2) is 5.76 Å². The van der Waals surface area contributed by atoms with E-state index in [1.807, 2.05) is 13.1 Å². The number of thiazole rings is 1. The predicted octanol–water partition coefficient (Wildman–Crippen LogP) is 1.37. The van der Waals surface area contributed by atoms with Gasteiger partial charge in [0.05, 0.1) is 12.1 Å². The van der Waals surface area contributed by atoms with Crippen LogP contribution in [0.1, 0.15) is 20.4 Å². The molecule has 0 N–H and O–H groups in total. The fourth-order valence-corrected chi connectivity index (χ4v) is 3.46. The molecule has 0 aromatic carbocycles. The van der Waals surface area contributed by atoms with Crippen molar-refractivity contribution in [2.75, 3.05) is 33.3 Å². The third-order valence-electron chi connectivity index (χ3n) is 3.94. The lowest BCUT2D eigenvalue weighted by Crippen LogP contribution is -2.48. The fourth-order valence-electron chi connectivity index (χ4n) is 2.62. The number of hydrogen-bond donors (Lipinski definition) is 0. The van der Waals surface area contributed by atoms with Crippen LogP contribution in [0.15, 0.2) is 27.7 Å². The Morgan fingerprint density at radius 1 is 1.38 bits per heavy atom. The Morgan fingerprint density at radius 3 is 2.71 bits per heavy atom. The van der Waals surface area contributed by atoms with Crippen LogP contribution in [0.5, 0.6) is 5.75 Å². The maximum absolute atomic E-state index is 12.4. The molecule has 3 heterocycles. The van der Waals surface area contributed by atoms with Gasteiger partial charge in [-0.25, -0.2) is 4.98 Å². The molecule has 0 saturated carbocycles. The number of hydrogen-bond acceptors (Lipinski definition) is 7. The molecule has 2 aromatic heterocycles. The van der Waals surface area contributed by atoms with Crippen LogP contribution >= 0.6 is 11.3 Å². The van der Waals surface area contributed by atoms with Crippen molar-refractivity contribution in [2.45, 2.75) is 13.5 Å². The number of rotatable bonds is 4. The van der Waals surface area contributed by atoms with Gasteiger partial charge >= 0.3 is 0 Å². The van der Waals surface area contributed by atoms with E-state index in [9.17, 15) is 9.59 Å². The summed E-state index contributed by atoms with van der Waals surface area (Å²) in [5.74, 6) is -0.119. The van der Waals surface area contributed by atoms with Gasteiger partial charge in [-0.3, -0.25) is 14.5 Å². The Balaban J connectivity index is 1.58. The van der Waals surface area contributed by atoms with E-state index < -0.39 is 0 Å². The van der Waals surface area contributed by atoms with Crippen LogP contribution in [0, 0.1) is 6.92 Å². The summed E-state index contributed by atoms with van der Waals surface area (Å²) < 4.78 is 10.1. The summed E-state index contributed by atoms with van der Waals surface area (Å²) in [6.07, 6.45) is 3.08. The van der Waals surface area contributed by atoms with E-state index in [0.29, 0.717) is 13.1 Å². The molecule has 1 aliphatic heterocycles. The number of aryl methyl sites for hydroxylation is 1. The number of amides is 1. The lowest BCUT2D eigenvalue weighted by molar-refractivity contribution is 0.0595. The van der Waals surface area contributed by atoms with Crippen molar-refractivity contribution in [1.82, 2.24) is 14.8 Å². The smallest absolute Gasteiger partial charge is 0.289 e. The lowest BCUT2D eigenvalue weighted by atomic mass is 10.2. The molecule has 0 aliphatic carbocycles. The SMILES string of the molecule is COc1coc(C(=O)N2CCN(Cc3cnc(C)s3)CC2)cc1=O. The van der Waals surface area contributed by atoms with E-state index in [0.717, 1.165) is 24.6 Å². The molecule has 1 fully saturated rings. The van der Waals surface area contributed by atoms with Gasteiger partial charge in [-0.15, -0.1) is 11.3 Å². The van der Waals surface area contributed by atoms with Crippen LogP contribution in [0.2, 0.25) is 0 Å². The zero-order valence-corrected chi connectivity index (χ0v) is 14.5. The van der Waals surface area contributed by atoms with E-state index in [1.54, 1.807) is 16.2 Å². The van der Waals surface area contributed by atoms with Crippen LogP contribution in [0.4, 0.5) is 0 Å². The van der Waals surface area contributed by atoms with Gasteiger partial charge in [0, 0.05) is 49.9 Å². The molecule has 8 heteroatoms. The molecule has 1 aliphatic rings. The van der Waals surface area contributed by atoms with Crippen molar-refractivity contribution in [1.29, 1.82) is 0 Å². The molecule has 0 atom stereocenters. The second-order valence-corrected chi connectivity index (χ2v) is 6.91. The first-order valence-corrected chi connectivity index (χ1v) is 8.48. The van der Waals surface area contributed by atoms with Gasteiger partial charge in [0.25, 0.3) is 5.91 Å². The van der Waals surface area contributed by atoms with Crippen molar-refractivity contribution in [3.05, 3.63) is 44.4 Å². The molecule has 0 radical (unpaired) electrons. The van der Waals surface area contributed by atoms with Gasteiger partial charge < -0.3 is 14.1 Å². The molecular weight excluding hydrogens is 330 g/mol. The number of piperazine rings is 1. The molecule has 0 bridgehead atoms. The molecule has 7 nitrogen and oxygen atoms in total. The number of carbonyl (C=O) groups is 1. The Morgan fingerprint density at radius 2 is 2.12 bits per heavy atom. The van der Waals surface area contributed by atoms with E-state index in [1.165, 1.54) is 24.3 Å². The monoisotopic (exact) mass is 349 g/mol. The van der Waals surface area contributed by atoms with E-state index in [2.05, 4.69) is 9.88 Å². The van der Waals surface area contributed by atoms with E-state index in [-0.39, 0.29) is 22.8 Å². The number of nitrogens with zero attached hydrogens (tertiary/aromatic N) is 3. The van der Waals surface area contributed by atoms with Crippen LogP contribution in [-0.4, -0.2) is 54.0 Å². The summed E-state index contributed by atoms with van der Waals surface area (Å²) in [6.45, 7) is 5.61. The molecular formula is C16H19N3O4S. The van der Waals surface area contributed by atoms with Crippen LogP contribution < -0.4 is 10.2 Å². The van der Waals surface area contributed by atoms with Crippen LogP contribution in [0.25, 0.3) is 0 Å². The molecule has 1 saturated heterocycles. The molecule has 128 valence electrons. The van der Waals surface area contributed by atoms with Gasteiger partial charge in [-0.1, -0.05) is 0 Å². The van der Waals surface area contributed by atoms with Gasteiger partial charge in [0.1, 0.15) is 6.26 Å². The summed E-state index contributed by atoms with van der Waals surface area (Å²) in [5, 5.41) is 1.06. The summed E-state index contributed by atoms with van der Waals surface area (Å²) in [4.78, 5) is 33.7. The van der Waals surface area contributed by atoms with Gasteiger partial charge in [0.2, 0.25) is 11.2 Å². The second kappa shape index (κ2) is 7.14. The van der Waals surface area contributed by atoms with Crippen LogP contribution in [-0.2, 0) is 6.54 Å². The highest BCUT2D eigenvalue weighted by atomic mass is 32.1. The summed E-state index contributed by atoms with van der Waals surface area (Å²) >= 11 is 1.70. The molecule has 0 spiro atoms. The fraction of sp³-hybridized carbons (Fsp3) is 0.438. The Labute approximate surface area is 143 Å². The van der Waals surface area contributed by atoms with Gasteiger partial charge in [-0.05, 0) is 6.92 Å². The standard InChI is InChI=1S/C16H19N3O4S/c1-11-17-8-12(24-11)9-18-3-5-19(6-4-18)16(21)14-7-13(20)15(22-2)10-23-14/h7-8,10H,3-6,9H2,1-2H3. The Hall–Kier alpha value is -2.19. The van der Waals surface area contributed by atoms with Crippen LogP contribution in [0.3, 0.4) is 0 Å². The Kier molecular flexibility index (Phi) is 4.96. The summed E-state index contributed by atoms with van der Waals surface area (Å²) in [5.41, 5.74) is -0.355. The first-order chi connectivity index (χ1) is 11.6. The molecule has 0 unspecified atom stereocenters. The third-order valence-corrected chi connectivity index (χ3v) is 4.83. The average Bonchev–Trinajstić information content (AvgIpc) is 2.99. The number of ether oxygens (including phenoxy) is 1. The number of methoxy groups -OCH3 is 1. The maximum atomic E-state index is 12.4. The zero-order valence-electron chi connectivity index (χ0n) is 13.7. The molecule has 1 amide bonds. The van der Waals surface area contributed by atoms with Crippen molar-refractivity contribution >= 4 is 17.2 Å². The average molecular weight is 349 g/mol. The zero-order chi connectivity index (χ0) is 17.1. The highest BCUT2D eigenvalue weighted by Gasteiger charge is 2.24. The predicted molar refractivity (Wildman–Crippen MR) is 89.6 cm³/mol.